The van der Waals surface area contributed by atoms with Crippen LogP contribution in [0.15, 0.2) is 0 Å². The molecule has 72 valence electrons. The molecule has 1 rings (SSSR count). The second-order valence-corrected chi connectivity index (χ2v) is 3.25. The summed E-state index contributed by atoms with van der Waals surface area (Å²) in [7, 11) is 1.49. The molecule has 0 bridgehead atoms. The number of nitrogens with zero attached hydrogens (tertiary/aromatic N) is 1. The molecule has 2 N–H and O–H groups in total. The fraction of sp³-hybridized carbons (Fsp3) is 1.00. The fourth-order valence-corrected chi connectivity index (χ4v) is 1.79. The molecular formula is C7H13F3N2. The van der Waals surface area contributed by atoms with E-state index in [2.05, 4.69) is 0 Å². The second-order valence-electron chi connectivity index (χ2n) is 3.25. The van der Waals surface area contributed by atoms with Crippen LogP contribution in [0.1, 0.15) is 6.42 Å². The van der Waals surface area contributed by atoms with Crippen molar-refractivity contribution in [2.24, 2.45) is 11.7 Å². The van der Waals surface area contributed by atoms with Gasteiger partial charge in [0.2, 0.25) is 0 Å². The van der Waals surface area contributed by atoms with Gasteiger partial charge in [-0.3, -0.25) is 4.90 Å². The molecule has 1 fully saturated rings. The zero-order valence-corrected chi connectivity index (χ0v) is 6.93. The Morgan fingerprint density at radius 2 is 2.08 bits per heavy atom. The summed E-state index contributed by atoms with van der Waals surface area (Å²) in [6, 6.07) is -1.33. The lowest BCUT2D eigenvalue weighted by atomic mass is 10.0. The standard InChI is InChI=1S/C7H13F3N2/c1-12-3-2-5(4-11)6(12)7(8,9)10/h5-6H,2-4,11H2,1H3/t5-,6+/m0/s1. The number of halogens is 3. The van der Waals surface area contributed by atoms with E-state index >= 15 is 0 Å². The highest BCUT2D eigenvalue weighted by Gasteiger charge is 2.49. The number of alkyl halides is 3. The molecular weight excluding hydrogens is 169 g/mol. The van der Waals surface area contributed by atoms with Crippen molar-refractivity contribution in [1.82, 2.24) is 4.90 Å². The predicted octanol–water partition coefficient (Wildman–Crippen LogP) is 0.828. The van der Waals surface area contributed by atoms with Crippen LogP contribution in [-0.2, 0) is 0 Å². The number of rotatable bonds is 1. The van der Waals surface area contributed by atoms with Crippen molar-refractivity contribution in [3.63, 3.8) is 0 Å². The molecule has 1 saturated heterocycles. The quantitative estimate of drug-likeness (QED) is 0.650. The average Bonchev–Trinajstić information content (AvgIpc) is 2.29. The van der Waals surface area contributed by atoms with Crippen molar-refractivity contribution in [2.75, 3.05) is 20.1 Å². The van der Waals surface area contributed by atoms with Gasteiger partial charge in [-0.25, -0.2) is 0 Å². The van der Waals surface area contributed by atoms with Crippen LogP contribution < -0.4 is 5.73 Å². The summed E-state index contributed by atoms with van der Waals surface area (Å²) in [6.07, 6.45) is -3.58. The molecule has 0 aromatic rings. The summed E-state index contributed by atoms with van der Waals surface area (Å²) in [6.45, 7) is 0.612. The van der Waals surface area contributed by atoms with Gasteiger partial charge in [0.1, 0.15) is 6.04 Å². The van der Waals surface area contributed by atoms with Gasteiger partial charge in [0.05, 0.1) is 0 Å². The van der Waals surface area contributed by atoms with Gasteiger partial charge in [-0.1, -0.05) is 0 Å². The Labute approximate surface area is 69.5 Å². The molecule has 0 aromatic carbocycles. The van der Waals surface area contributed by atoms with Crippen LogP contribution >= 0.6 is 0 Å². The van der Waals surface area contributed by atoms with Crippen LogP contribution in [0.5, 0.6) is 0 Å². The Hall–Kier alpha value is -0.290. The monoisotopic (exact) mass is 182 g/mol. The molecule has 0 unspecified atom stereocenters. The van der Waals surface area contributed by atoms with Gasteiger partial charge in [0.25, 0.3) is 0 Å². The van der Waals surface area contributed by atoms with Crippen LogP contribution in [0.2, 0.25) is 0 Å². The zero-order valence-electron chi connectivity index (χ0n) is 6.93. The van der Waals surface area contributed by atoms with Gasteiger partial charge in [0.15, 0.2) is 0 Å². The van der Waals surface area contributed by atoms with Crippen molar-refractivity contribution in [1.29, 1.82) is 0 Å². The van der Waals surface area contributed by atoms with E-state index in [9.17, 15) is 13.2 Å². The van der Waals surface area contributed by atoms with Crippen molar-refractivity contribution in [2.45, 2.75) is 18.6 Å². The summed E-state index contributed by atoms with van der Waals surface area (Å²) in [4.78, 5) is 1.33. The maximum atomic E-state index is 12.4. The van der Waals surface area contributed by atoms with Gasteiger partial charge in [0, 0.05) is 0 Å². The van der Waals surface area contributed by atoms with E-state index in [4.69, 9.17) is 5.73 Å². The summed E-state index contributed by atoms with van der Waals surface area (Å²) in [5.41, 5.74) is 5.26. The van der Waals surface area contributed by atoms with E-state index in [1.54, 1.807) is 0 Å². The molecule has 0 spiro atoms. The lowest BCUT2D eigenvalue weighted by Gasteiger charge is -2.26. The molecule has 0 amide bonds. The summed E-state index contributed by atoms with van der Waals surface area (Å²) >= 11 is 0. The summed E-state index contributed by atoms with van der Waals surface area (Å²) in [5, 5.41) is 0. The number of hydrogen-bond donors (Lipinski definition) is 1. The van der Waals surface area contributed by atoms with Gasteiger partial charge < -0.3 is 5.73 Å². The first-order valence-electron chi connectivity index (χ1n) is 3.94. The molecule has 1 aliphatic heterocycles. The Bertz CT molecular complexity index is 157. The minimum Gasteiger partial charge on any atom is -0.330 e. The number of nitrogens with two attached hydrogens (primary N) is 1. The maximum absolute atomic E-state index is 12.4. The first-order valence-corrected chi connectivity index (χ1v) is 3.94. The molecule has 2 nitrogen and oxygen atoms in total. The number of likely N-dealkylation sites (tertiary alicyclic amines) is 1. The zero-order chi connectivity index (χ0) is 9.35. The van der Waals surface area contributed by atoms with E-state index in [0.29, 0.717) is 13.0 Å². The highest BCUT2D eigenvalue weighted by atomic mass is 19.4. The lowest BCUT2D eigenvalue weighted by molar-refractivity contribution is -0.181. The van der Waals surface area contributed by atoms with Gasteiger partial charge >= 0.3 is 6.18 Å². The molecule has 0 radical (unpaired) electrons. The SMILES string of the molecule is CN1CC[C@@H](CN)[C@@H]1C(F)(F)F. The molecule has 12 heavy (non-hydrogen) atoms. The highest BCUT2D eigenvalue weighted by Crippen LogP contribution is 2.34. The third-order valence-electron chi connectivity index (χ3n) is 2.41. The third kappa shape index (κ3) is 1.72. The van der Waals surface area contributed by atoms with Crippen LogP contribution in [0.4, 0.5) is 13.2 Å². The van der Waals surface area contributed by atoms with E-state index in [1.807, 2.05) is 0 Å². The third-order valence-corrected chi connectivity index (χ3v) is 2.41. The van der Waals surface area contributed by atoms with Crippen LogP contribution in [0.25, 0.3) is 0 Å². The summed E-state index contributed by atoms with van der Waals surface area (Å²) < 4.78 is 37.1. The normalized spacial score (nSPS) is 32.8. The van der Waals surface area contributed by atoms with E-state index in [1.165, 1.54) is 11.9 Å². The molecule has 5 heteroatoms. The maximum Gasteiger partial charge on any atom is 0.404 e. The molecule has 1 heterocycles. The minimum atomic E-state index is -4.13. The fourth-order valence-electron chi connectivity index (χ4n) is 1.79. The Kier molecular flexibility index (Phi) is 2.63. The van der Waals surface area contributed by atoms with Crippen molar-refractivity contribution in [3.05, 3.63) is 0 Å². The first-order chi connectivity index (χ1) is 5.46. The van der Waals surface area contributed by atoms with Crippen molar-refractivity contribution >= 4 is 0 Å². The number of hydrogen-bond acceptors (Lipinski definition) is 2. The Morgan fingerprint density at radius 1 is 1.50 bits per heavy atom. The average molecular weight is 182 g/mol. The molecule has 0 aromatic heterocycles. The first kappa shape index (κ1) is 9.80. The van der Waals surface area contributed by atoms with Gasteiger partial charge in [-0.15, -0.1) is 0 Å². The Balaban J connectivity index is 2.70. The topological polar surface area (TPSA) is 29.3 Å². The van der Waals surface area contributed by atoms with Crippen molar-refractivity contribution < 1.29 is 13.2 Å². The smallest absolute Gasteiger partial charge is 0.330 e. The van der Waals surface area contributed by atoms with Crippen LogP contribution in [0.3, 0.4) is 0 Å². The van der Waals surface area contributed by atoms with Crippen LogP contribution in [0, 0.1) is 5.92 Å². The van der Waals surface area contributed by atoms with Crippen LogP contribution in [-0.4, -0.2) is 37.3 Å². The molecule has 0 saturated carbocycles. The van der Waals surface area contributed by atoms with Crippen molar-refractivity contribution in [3.8, 4) is 0 Å². The molecule has 0 aliphatic carbocycles. The minimum absolute atomic E-state index is 0.120. The predicted molar refractivity (Wildman–Crippen MR) is 39.6 cm³/mol. The highest BCUT2D eigenvalue weighted by molar-refractivity contribution is 4.90. The lowest BCUT2D eigenvalue weighted by Crippen LogP contribution is -2.44. The Morgan fingerprint density at radius 3 is 2.42 bits per heavy atom. The molecule has 1 aliphatic rings. The van der Waals surface area contributed by atoms with Gasteiger partial charge in [-0.05, 0) is 32.5 Å². The largest absolute Gasteiger partial charge is 0.404 e. The summed E-state index contributed by atoms with van der Waals surface area (Å²) in [5.74, 6) is -0.421. The van der Waals surface area contributed by atoms with E-state index < -0.39 is 18.1 Å². The second kappa shape index (κ2) is 3.22. The molecule has 2 atom stereocenters. The van der Waals surface area contributed by atoms with E-state index in [-0.39, 0.29) is 6.54 Å². The van der Waals surface area contributed by atoms with E-state index in [0.717, 1.165) is 0 Å². The van der Waals surface area contributed by atoms with Gasteiger partial charge in [-0.2, -0.15) is 13.2 Å².